The molecule has 0 radical (unpaired) electrons. The number of thiazole rings is 1. The summed E-state index contributed by atoms with van der Waals surface area (Å²) in [5, 5.41) is 1.62. The zero-order chi connectivity index (χ0) is 15.6. The SMILES string of the molecule is COC(=O)CCCN(C)S(=O)(=O)c1c(Cl)nc2sccn12. The van der Waals surface area contributed by atoms with Crippen molar-refractivity contribution in [2.45, 2.75) is 17.9 Å². The van der Waals surface area contributed by atoms with Crippen LogP contribution in [-0.4, -0.2) is 48.8 Å². The number of ether oxygens (including phenoxy) is 1. The molecule has 2 aromatic rings. The number of carbonyl (C=O) groups is 1. The first-order valence-electron chi connectivity index (χ1n) is 6.02. The first-order chi connectivity index (χ1) is 9.87. The lowest BCUT2D eigenvalue weighted by atomic mass is 10.3. The Kier molecular flexibility index (Phi) is 4.87. The van der Waals surface area contributed by atoms with Gasteiger partial charge >= 0.3 is 5.97 Å². The number of hydrogen-bond acceptors (Lipinski definition) is 6. The summed E-state index contributed by atoms with van der Waals surface area (Å²) in [6.07, 6.45) is 2.13. The smallest absolute Gasteiger partial charge is 0.305 e. The molecule has 2 heterocycles. The Morgan fingerprint density at radius 2 is 2.29 bits per heavy atom. The Balaban J connectivity index is 2.19. The fourth-order valence-corrected chi connectivity index (χ4v) is 4.39. The van der Waals surface area contributed by atoms with Crippen LogP contribution in [-0.2, 0) is 19.6 Å². The number of hydrogen-bond donors (Lipinski definition) is 0. The predicted molar refractivity (Wildman–Crippen MR) is 79.1 cm³/mol. The van der Waals surface area contributed by atoms with Crippen LogP contribution in [0.15, 0.2) is 16.6 Å². The van der Waals surface area contributed by atoms with Crippen LogP contribution in [0.5, 0.6) is 0 Å². The van der Waals surface area contributed by atoms with Crippen molar-refractivity contribution in [1.29, 1.82) is 0 Å². The van der Waals surface area contributed by atoms with Crippen LogP contribution in [0.3, 0.4) is 0 Å². The molecule has 0 unspecified atom stereocenters. The molecule has 0 saturated carbocycles. The highest BCUT2D eigenvalue weighted by molar-refractivity contribution is 7.89. The number of aromatic nitrogens is 2. The Labute approximate surface area is 131 Å². The van der Waals surface area contributed by atoms with Gasteiger partial charge < -0.3 is 4.74 Å². The van der Waals surface area contributed by atoms with E-state index >= 15 is 0 Å². The largest absolute Gasteiger partial charge is 0.469 e. The van der Waals surface area contributed by atoms with Gasteiger partial charge in [-0.15, -0.1) is 11.3 Å². The molecule has 7 nitrogen and oxygen atoms in total. The summed E-state index contributed by atoms with van der Waals surface area (Å²) in [6, 6.07) is 0. The Hall–Kier alpha value is -1.16. The second-order valence-corrected chi connectivity index (χ2v) is 7.46. The van der Waals surface area contributed by atoms with E-state index in [9.17, 15) is 13.2 Å². The zero-order valence-corrected chi connectivity index (χ0v) is 13.8. The minimum Gasteiger partial charge on any atom is -0.469 e. The second-order valence-electron chi connectivity index (χ2n) is 4.27. The normalized spacial score (nSPS) is 12.2. The van der Waals surface area contributed by atoms with Gasteiger partial charge in [0, 0.05) is 31.6 Å². The topological polar surface area (TPSA) is 81.0 Å². The molecule has 0 atom stereocenters. The number of methoxy groups -OCH3 is 1. The van der Waals surface area contributed by atoms with E-state index in [1.165, 1.54) is 29.9 Å². The third kappa shape index (κ3) is 3.20. The fraction of sp³-hybridized carbons (Fsp3) is 0.455. The van der Waals surface area contributed by atoms with E-state index in [0.717, 1.165) is 4.31 Å². The van der Waals surface area contributed by atoms with Crippen molar-refractivity contribution >= 4 is 43.9 Å². The third-order valence-electron chi connectivity index (χ3n) is 2.91. The summed E-state index contributed by atoms with van der Waals surface area (Å²) >= 11 is 7.24. The molecule has 10 heteroatoms. The van der Waals surface area contributed by atoms with Gasteiger partial charge in [0.1, 0.15) is 0 Å². The Morgan fingerprint density at radius 1 is 1.57 bits per heavy atom. The third-order valence-corrected chi connectivity index (χ3v) is 5.93. The molecule has 2 rings (SSSR count). The van der Waals surface area contributed by atoms with Crippen LogP contribution in [0.1, 0.15) is 12.8 Å². The molecule has 116 valence electrons. The molecule has 0 amide bonds. The first kappa shape index (κ1) is 16.2. The van der Waals surface area contributed by atoms with Gasteiger partial charge in [-0.2, -0.15) is 4.31 Å². The molecule has 0 spiro atoms. The minimum atomic E-state index is -3.77. The van der Waals surface area contributed by atoms with Crippen molar-refractivity contribution < 1.29 is 17.9 Å². The van der Waals surface area contributed by atoms with Crippen LogP contribution in [0.2, 0.25) is 5.15 Å². The summed E-state index contributed by atoms with van der Waals surface area (Å²) in [5.74, 6) is -0.372. The van der Waals surface area contributed by atoms with E-state index in [-0.39, 0.29) is 29.1 Å². The number of esters is 1. The van der Waals surface area contributed by atoms with E-state index < -0.39 is 10.0 Å². The molecular formula is C11H14ClN3O4S2. The number of halogens is 1. The maximum Gasteiger partial charge on any atom is 0.305 e. The van der Waals surface area contributed by atoms with Gasteiger partial charge in [-0.1, -0.05) is 11.6 Å². The zero-order valence-electron chi connectivity index (χ0n) is 11.4. The van der Waals surface area contributed by atoms with Gasteiger partial charge in [0.15, 0.2) is 15.1 Å². The monoisotopic (exact) mass is 351 g/mol. The van der Waals surface area contributed by atoms with Crippen molar-refractivity contribution in [1.82, 2.24) is 13.7 Å². The van der Waals surface area contributed by atoms with Crippen LogP contribution < -0.4 is 0 Å². The van der Waals surface area contributed by atoms with E-state index in [2.05, 4.69) is 9.72 Å². The van der Waals surface area contributed by atoms with Crippen molar-refractivity contribution in [3.8, 4) is 0 Å². The van der Waals surface area contributed by atoms with Crippen LogP contribution >= 0.6 is 22.9 Å². The quantitative estimate of drug-likeness (QED) is 0.739. The Morgan fingerprint density at radius 3 is 2.95 bits per heavy atom. The average Bonchev–Trinajstić information content (AvgIpc) is 2.97. The molecule has 0 aromatic carbocycles. The summed E-state index contributed by atoms with van der Waals surface area (Å²) in [5.41, 5.74) is 0. The minimum absolute atomic E-state index is 0.0540. The molecule has 2 aromatic heterocycles. The van der Waals surface area contributed by atoms with Gasteiger partial charge in [-0.05, 0) is 6.42 Å². The lowest BCUT2D eigenvalue weighted by Gasteiger charge is -2.16. The molecule has 0 bridgehead atoms. The number of nitrogens with zero attached hydrogens (tertiary/aromatic N) is 3. The molecule has 0 aliphatic carbocycles. The number of carbonyl (C=O) groups excluding carboxylic acids is 1. The van der Waals surface area contributed by atoms with E-state index in [1.54, 1.807) is 11.6 Å². The molecule has 0 saturated heterocycles. The average molecular weight is 352 g/mol. The van der Waals surface area contributed by atoms with E-state index in [4.69, 9.17) is 11.6 Å². The Bertz CT molecular complexity index is 753. The standard InChI is InChI=1S/C11H14ClN3O4S2/c1-14(5-3-4-8(16)19-2)21(17,18)10-9(12)13-11-15(10)6-7-20-11/h6-7H,3-5H2,1-2H3. The summed E-state index contributed by atoms with van der Waals surface area (Å²) in [4.78, 5) is 15.6. The van der Waals surface area contributed by atoms with Crippen molar-refractivity contribution in [3.05, 3.63) is 16.7 Å². The number of fused-ring (bicyclic) bond motifs is 1. The lowest BCUT2D eigenvalue weighted by molar-refractivity contribution is -0.140. The molecular weight excluding hydrogens is 338 g/mol. The molecule has 0 aliphatic rings. The number of imidazole rings is 1. The highest BCUT2D eigenvalue weighted by atomic mass is 35.5. The first-order valence-corrected chi connectivity index (χ1v) is 8.72. The fourth-order valence-electron chi connectivity index (χ4n) is 1.79. The van der Waals surface area contributed by atoms with Gasteiger partial charge in [0.2, 0.25) is 0 Å². The maximum atomic E-state index is 12.5. The van der Waals surface area contributed by atoms with E-state index in [1.807, 2.05) is 0 Å². The maximum absolute atomic E-state index is 12.5. The molecule has 21 heavy (non-hydrogen) atoms. The molecule has 0 fully saturated rings. The summed E-state index contributed by atoms with van der Waals surface area (Å²) < 4.78 is 32.2. The van der Waals surface area contributed by atoms with Crippen molar-refractivity contribution in [3.63, 3.8) is 0 Å². The van der Waals surface area contributed by atoms with Crippen LogP contribution in [0.25, 0.3) is 4.96 Å². The summed E-state index contributed by atoms with van der Waals surface area (Å²) in [6.45, 7) is 0.186. The molecule has 0 N–H and O–H groups in total. The summed E-state index contributed by atoms with van der Waals surface area (Å²) in [7, 11) is -1.04. The number of sulfonamides is 1. The van der Waals surface area contributed by atoms with Gasteiger partial charge in [0.25, 0.3) is 10.0 Å². The molecule has 0 aliphatic heterocycles. The van der Waals surface area contributed by atoms with Crippen molar-refractivity contribution in [2.75, 3.05) is 20.7 Å². The highest BCUT2D eigenvalue weighted by Crippen LogP contribution is 2.27. The number of rotatable bonds is 6. The van der Waals surface area contributed by atoms with Gasteiger partial charge in [0.05, 0.1) is 7.11 Å². The highest BCUT2D eigenvalue weighted by Gasteiger charge is 2.29. The second kappa shape index (κ2) is 6.30. The van der Waals surface area contributed by atoms with Gasteiger partial charge in [-0.25, -0.2) is 13.4 Å². The van der Waals surface area contributed by atoms with Crippen LogP contribution in [0.4, 0.5) is 0 Å². The van der Waals surface area contributed by atoms with Crippen molar-refractivity contribution in [2.24, 2.45) is 0 Å². The lowest BCUT2D eigenvalue weighted by Crippen LogP contribution is -2.29. The van der Waals surface area contributed by atoms with Crippen LogP contribution in [0, 0.1) is 0 Å². The van der Waals surface area contributed by atoms with Gasteiger partial charge in [-0.3, -0.25) is 9.20 Å². The van der Waals surface area contributed by atoms with E-state index in [0.29, 0.717) is 11.4 Å². The predicted octanol–water partition coefficient (Wildman–Crippen LogP) is 1.62.